The van der Waals surface area contributed by atoms with Gasteiger partial charge in [0.25, 0.3) is 0 Å². The van der Waals surface area contributed by atoms with Crippen molar-refractivity contribution in [3.63, 3.8) is 0 Å². The summed E-state index contributed by atoms with van der Waals surface area (Å²) in [5, 5.41) is 17.6. The van der Waals surface area contributed by atoms with E-state index in [-0.39, 0.29) is 30.0 Å². The first-order valence-corrected chi connectivity index (χ1v) is 12.8. The molecular weight excluding hydrogens is 536 g/mol. The zero-order chi connectivity index (χ0) is 30.2. The topological polar surface area (TPSA) is 89.5 Å². The highest BCUT2D eigenvalue weighted by Gasteiger charge is 2.30. The second kappa shape index (κ2) is 13.2. The van der Waals surface area contributed by atoms with E-state index in [1.54, 1.807) is 26.0 Å². The normalized spacial score (nSPS) is 12.0. The number of guanidine groups is 1. The van der Waals surface area contributed by atoms with Gasteiger partial charge in [-0.1, -0.05) is 36.4 Å². The Morgan fingerprint density at radius 1 is 1.02 bits per heavy atom. The molecule has 0 atom stereocenters. The molecule has 0 unspecified atom stereocenters. The molecule has 0 saturated heterocycles. The highest BCUT2D eigenvalue weighted by atomic mass is 19.4. The maximum absolute atomic E-state index is 14.9. The second-order valence-electron chi connectivity index (χ2n) is 9.95. The summed E-state index contributed by atoms with van der Waals surface area (Å²) in [6.07, 6.45) is -3.43. The van der Waals surface area contributed by atoms with Crippen LogP contribution in [-0.2, 0) is 23.9 Å². The fourth-order valence-corrected chi connectivity index (χ4v) is 3.83. The number of halogens is 4. The Kier molecular flexibility index (Phi) is 10.0. The van der Waals surface area contributed by atoms with Gasteiger partial charge in [-0.3, -0.25) is 10.2 Å². The molecule has 1 N–H and O–H groups in total. The third-order valence-corrected chi connectivity index (χ3v) is 6.40. The molecule has 0 bridgehead atoms. The first kappa shape index (κ1) is 31.0. The highest BCUT2D eigenvalue weighted by Crippen LogP contribution is 2.29. The van der Waals surface area contributed by atoms with Gasteiger partial charge in [0.15, 0.2) is 11.4 Å². The van der Waals surface area contributed by atoms with Crippen LogP contribution in [0.1, 0.15) is 55.0 Å². The highest BCUT2D eigenvalue weighted by molar-refractivity contribution is 6.01. The number of rotatable bonds is 10. The number of ether oxygens (including phenoxy) is 1. The van der Waals surface area contributed by atoms with Crippen LogP contribution in [0.15, 0.2) is 77.8 Å². The smallest absolute Gasteiger partial charge is 0.416 e. The molecule has 0 aromatic heterocycles. The minimum Gasteiger partial charge on any atom is -0.480 e. The number of nitrogens with zero attached hydrogens (tertiary/aromatic N) is 3. The Hall–Kier alpha value is -4.52. The number of aryl methyl sites for hydroxylation is 1. The van der Waals surface area contributed by atoms with Gasteiger partial charge in [-0.2, -0.15) is 27.8 Å². The van der Waals surface area contributed by atoms with Crippen LogP contribution in [-0.4, -0.2) is 34.8 Å². The van der Waals surface area contributed by atoms with Gasteiger partial charge in [-0.05, 0) is 81.1 Å². The molecule has 0 amide bonds. The van der Waals surface area contributed by atoms with Crippen molar-refractivity contribution in [2.75, 3.05) is 6.54 Å². The zero-order valence-corrected chi connectivity index (χ0v) is 22.9. The molecule has 0 spiro atoms. The number of hydrogen-bond acceptors (Lipinski definition) is 4. The lowest BCUT2D eigenvalue weighted by molar-refractivity contribution is -0.137. The van der Waals surface area contributed by atoms with Crippen LogP contribution in [0.4, 0.5) is 17.6 Å². The van der Waals surface area contributed by atoms with Crippen molar-refractivity contribution in [1.29, 1.82) is 10.7 Å². The molecule has 0 aliphatic heterocycles. The van der Waals surface area contributed by atoms with Crippen molar-refractivity contribution < 1.29 is 27.1 Å². The van der Waals surface area contributed by atoms with E-state index in [4.69, 9.17) is 15.4 Å². The molecule has 10 heteroatoms. The van der Waals surface area contributed by atoms with Crippen LogP contribution in [0.3, 0.4) is 0 Å². The number of alkyl halides is 3. The average Bonchev–Trinajstić information content (AvgIpc) is 2.92. The van der Waals surface area contributed by atoms with Crippen molar-refractivity contribution in [1.82, 2.24) is 4.90 Å². The van der Waals surface area contributed by atoms with E-state index in [2.05, 4.69) is 4.99 Å². The van der Waals surface area contributed by atoms with Gasteiger partial charge in [0.1, 0.15) is 5.75 Å². The molecule has 41 heavy (non-hydrogen) atoms. The number of Topliss-reactive ketones (excluding diaryl/α,β-unsaturated/α-hetero) is 1. The van der Waals surface area contributed by atoms with Gasteiger partial charge in [0, 0.05) is 18.7 Å². The maximum atomic E-state index is 14.9. The lowest BCUT2D eigenvalue weighted by Gasteiger charge is -2.24. The van der Waals surface area contributed by atoms with Gasteiger partial charge >= 0.3 is 6.18 Å². The minimum absolute atomic E-state index is 0.0297. The summed E-state index contributed by atoms with van der Waals surface area (Å²) in [5.41, 5.74) is -0.106. The number of carbonyl (C=O) groups is 1. The van der Waals surface area contributed by atoms with Crippen molar-refractivity contribution >= 4 is 17.7 Å². The lowest BCUT2D eigenvalue weighted by atomic mass is 10.0. The fourth-order valence-electron chi connectivity index (χ4n) is 3.83. The number of nitrogens with one attached hydrogen (secondary N) is 1. The third-order valence-electron chi connectivity index (χ3n) is 6.40. The van der Waals surface area contributed by atoms with Crippen molar-refractivity contribution in [2.24, 2.45) is 4.99 Å². The van der Waals surface area contributed by atoms with Crippen LogP contribution in [0.5, 0.6) is 5.75 Å². The summed E-state index contributed by atoms with van der Waals surface area (Å²) < 4.78 is 59.8. The van der Waals surface area contributed by atoms with Gasteiger partial charge in [-0.15, -0.1) is 0 Å². The van der Waals surface area contributed by atoms with Gasteiger partial charge in [-0.25, -0.2) is 0 Å². The van der Waals surface area contributed by atoms with E-state index in [1.807, 2.05) is 18.2 Å². The number of ketones is 1. The summed E-state index contributed by atoms with van der Waals surface area (Å²) in [5.74, 6) is -0.955. The Morgan fingerprint density at radius 3 is 2.34 bits per heavy atom. The van der Waals surface area contributed by atoms with Crippen LogP contribution in [0.2, 0.25) is 0 Å². The first-order chi connectivity index (χ1) is 19.3. The first-order valence-electron chi connectivity index (χ1n) is 12.8. The second-order valence-corrected chi connectivity index (χ2v) is 9.95. The Morgan fingerprint density at radius 2 is 1.71 bits per heavy atom. The molecule has 0 fully saturated rings. The van der Waals surface area contributed by atoms with E-state index < -0.39 is 29.3 Å². The predicted octanol–water partition coefficient (Wildman–Crippen LogP) is 7.11. The number of carbonyl (C=O) groups excluding carboxylic acids is 1. The SMILES string of the molecule is CC(=O)C(C)(C)Oc1cccc(CCCN(Cc2ccc(C(F)(F)F)cc2)C(=N)/N=C(\F)c2cccc(C#N)c2)c1. The molecule has 3 rings (SSSR count). The number of aliphatic imine (C=N–C) groups is 1. The predicted molar refractivity (Wildman–Crippen MR) is 149 cm³/mol. The van der Waals surface area contributed by atoms with Crippen LogP contribution in [0, 0.1) is 16.7 Å². The summed E-state index contributed by atoms with van der Waals surface area (Å²) in [4.78, 5) is 17.1. The monoisotopic (exact) mass is 566 g/mol. The van der Waals surface area contributed by atoms with E-state index in [1.165, 1.54) is 48.2 Å². The molecule has 0 aliphatic carbocycles. The van der Waals surface area contributed by atoms with Gasteiger partial charge < -0.3 is 9.64 Å². The fraction of sp³-hybridized carbons (Fsp3) is 0.290. The third kappa shape index (κ3) is 9.00. The number of nitriles is 1. The van der Waals surface area contributed by atoms with Crippen LogP contribution in [0.25, 0.3) is 0 Å². The Labute approximate surface area is 236 Å². The summed E-state index contributed by atoms with van der Waals surface area (Å²) in [7, 11) is 0. The molecule has 214 valence electrons. The summed E-state index contributed by atoms with van der Waals surface area (Å²) in [6, 6.07) is 19.5. The van der Waals surface area contributed by atoms with E-state index in [0.29, 0.717) is 24.2 Å². The number of hydrogen-bond donors (Lipinski definition) is 1. The van der Waals surface area contributed by atoms with Crippen molar-refractivity contribution in [3.05, 3.63) is 101 Å². The molecule has 6 nitrogen and oxygen atoms in total. The number of benzene rings is 3. The minimum atomic E-state index is -4.48. The Balaban J connectivity index is 1.78. The summed E-state index contributed by atoms with van der Waals surface area (Å²) in [6.45, 7) is 5.10. The molecular formula is C31H30F4N4O2. The van der Waals surface area contributed by atoms with Crippen LogP contribution < -0.4 is 4.74 Å². The van der Waals surface area contributed by atoms with Crippen molar-refractivity contribution in [3.8, 4) is 11.8 Å². The molecule has 3 aromatic rings. The molecule has 0 aliphatic rings. The van der Waals surface area contributed by atoms with E-state index in [9.17, 15) is 22.4 Å². The quantitative estimate of drug-likeness (QED) is 0.161. The van der Waals surface area contributed by atoms with Crippen LogP contribution >= 0.6 is 0 Å². The molecule has 0 heterocycles. The molecule has 3 aromatic carbocycles. The molecule has 0 radical (unpaired) electrons. The van der Waals surface area contributed by atoms with Crippen molar-refractivity contribution in [2.45, 2.75) is 51.9 Å². The molecule has 0 saturated carbocycles. The zero-order valence-electron chi connectivity index (χ0n) is 22.9. The van der Waals surface area contributed by atoms with E-state index >= 15 is 0 Å². The Bertz CT molecular complexity index is 1460. The van der Waals surface area contributed by atoms with E-state index in [0.717, 1.165) is 17.7 Å². The largest absolute Gasteiger partial charge is 0.480 e. The van der Waals surface area contributed by atoms with Gasteiger partial charge in [0.2, 0.25) is 11.9 Å². The average molecular weight is 567 g/mol. The van der Waals surface area contributed by atoms with Gasteiger partial charge in [0.05, 0.1) is 17.2 Å². The maximum Gasteiger partial charge on any atom is 0.416 e. The summed E-state index contributed by atoms with van der Waals surface area (Å²) >= 11 is 0. The lowest BCUT2D eigenvalue weighted by Crippen LogP contribution is -2.36. The standard InChI is InChI=1S/C31H30F4N4O2/c1-21(40)30(2,3)41-27-11-5-7-22(18-27)9-6-16-39(20-23-12-14-26(15-13-23)31(33,34)35)29(37)38-28(32)25-10-4-8-24(17-25)19-36/h4-5,7-8,10-15,17-18,37H,6,9,16,20H2,1-3H3/b37-29?,38-28-.